The molecule has 0 bridgehead atoms. The molecule has 0 saturated heterocycles. The SMILES string of the molecule is COc1nc(C(C)C)c(S)cc1Cl. The Morgan fingerprint density at radius 3 is 2.62 bits per heavy atom. The van der Waals surface area contributed by atoms with E-state index in [2.05, 4.69) is 31.5 Å². The molecule has 0 aliphatic heterocycles. The van der Waals surface area contributed by atoms with E-state index in [1.54, 1.807) is 13.2 Å². The summed E-state index contributed by atoms with van der Waals surface area (Å²) < 4.78 is 5.01. The molecule has 0 saturated carbocycles. The van der Waals surface area contributed by atoms with E-state index in [9.17, 15) is 0 Å². The Labute approximate surface area is 88.7 Å². The molecular formula is C9H12ClNOS. The van der Waals surface area contributed by atoms with Crippen LogP contribution in [0, 0.1) is 0 Å². The van der Waals surface area contributed by atoms with Gasteiger partial charge in [0.15, 0.2) is 0 Å². The van der Waals surface area contributed by atoms with Gasteiger partial charge in [-0.15, -0.1) is 12.6 Å². The zero-order chi connectivity index (χ0) is 10.0. The van der Waals surface area contributed by atoms with Crippen LogP contribution in [0.15, 0.2) is 11.0 Å². The van der Waals surface area contributed by atoms with Crippen molar-refractivity contribution in [1.29, 1.82) is 0 Å². The van der Waals surface area contributed by atoms with E-state index >= 15 is 0 Å². The Bertz CT molecular complexity index is 315. The van der Waals surface area contributed by atoms with Crippen LogP contribution in [-0.4, -0.2) is 12.1 Å². The predicted octanol–water partition coefficient (Wildman–Crippen LogP) is 3.16. The summed E-state index contributed by atoms with van der Waals surface area (Å²) in [6.45, 7) is 4.10. The Hall–Kier alpha value is -0.410. The summed E-state index contributed by atoms with van der Waals surface area (Å²) in [5, 5.41) is 0.497. The monoisotopic (exact) mass is 217 g/mol. The minimum Gasteiger partial charge on any atom is -0.480 e. The molecule has 0 amide bonds. The lowest BCUT2D eigenvalue weighted by atomic mass is 10.1. The van der Waals surface area contributed by atoms with Gasteiger partial charge in [0, 0.05) is 4.90 Å². The molecule has 72 valence electrons. The van der Waals surface area contributed by atoms with Crippen molar-refractivity contribution in [2.45, 2.75) is 24.7 Å². The summed E-state index contributed by atoms with van der Waals surface area (Å²) >= 11 is 10.2. The standard InChI is InChI=1S/C9H12ClNOS/c1-5(2)8-7(13)4-6(10)9(11-8)12-3/h4-5,13H,1-3H3. The first-order valence-corrected chi connectivity index (χ1v) is 4.82. The maximum Gasteiger partial charge on any atom is 0.232 e. The molecule has 0 aliphatic rings. The van der Waals surface area contributed by atoms with E-state index in [4.69, 9.17) is 16.3 Å². The van der Waals surface area contributed by atoms with Crippen LogP contribution in [-0.2, 0) is 0 Å². The molecule has 0 aromatic carbocycles. The number of rotatable bonds is 2. The van der Waals surface area contributed by atoms with Crippen LogP contribution in [0.5, 0.6) is 5.88 Å². The first kappa shape index (κ1) is 10.7. The Balaban J connectivity index is 3.22. The van der Waals surface area contributed by atoms with Crippen LogP contribution in [0.2, 0.25) is 5.02 Å². The molecule has 1 aromatic rings. The molecule has 0 atom stereocenters. The Kier molecular flexibility index (Phi) is 3.45. The van der Waals surface area contributed by atoms with Crippen LogP contribution < -0.4 is 4.74 Å². The molecule has 1 aromatic heterocycles. The molecular weight excluding hydrogens is 206 g/mol. The lowest BCUT2D eigenvalue weighted by Gasteiger charge is -2.10. The number of ether oxygens (including phenoxy) is 1. The number of hydrogen-bond acceptors (Lipinski definition) is 3. The third-order valence-electron chi connectivity index (χ3n) is 1.69. The van der Waals surface area contributed by atoms with E-state index in [1.807, 2.05) is 0 Å². The van der Waals surface area contributed by atoms with E-state index in [0.717, 1.165) is 10.6 Å². The highest BCUT2D eigenvalue weighted by molar-refractivity contribution is 7.80. The fourth-order valence-electron chi connectivity index (χ4n) is 1.04. The maximum absolute atomic E-state index is 5.87. The zero-order valence-electron chi connectivity index (χ0n) is 7.84. The quantitative estimate of drug-likeness (QED) is 0.769. The molecule has 2 nitrogen and oxygen atoms in total. The van der Waals surface area contributed by atoms with Crippen LogP contribution >= 0.6 is 24.2 Å². The van der Waals surface area contributed by atoms with Gasteiger partial charge in [-0.05, 0) is 12.0 Å². The van der Waals surface area contributed by atoms with E-state index < -0.39 is 0 Å². The van der Waals surface area contributed by atoms with Crippen LogP contribution in [0.25, 0.3) is 0 Å². The summed E-state index contributed by atoms with van der Waals surface area (Å²) in [5.41, 5.74) is 0.907. The average molecular weight is 218 g/mol. The van der Waals surface area contributed by atoms with Crippen molar-refractivity contribution in [3.8, 4) is 5.88 Å². The van der Waals surface area contributed by atoms with E-state index in [1.165, 1.54) is 0 Å². The van der Waals surface area contributed by atoms with Crippen molar-refractivity contribution in [3.63, 3.8) is 0 Å². The van der Waals surface area contributed by atoms with Crippen molar-refractivity contribution in [3.05, 3.63) is 16.8 Å². The summed E-state index contributed by atoms with van der Waals surface area (Å²) in [6.07, 6.45) is 0. The van der Waals surface area contributed by atoms with Crippen molar-refractivity contribution >= 4 is 24.2 Å². The highest BCUT2D eigenvalue weighted by Crippen LogP contribution is 2.29. The molecule has 0 N–H and O–H groups in total. The van der Waals surface area contributed by atoms with Gasteiger partial charge in [-0.25, -0.2) is 4.98 Å². The number of pyridine rings is 1. The van der Waals surface area contributed by atoms with Gasteiger partial charge in [-0.2, -0.15) is 0 Å². The number of nitrogens with zero attached hydrogens (tertiary/aromatic N) is 1. The fraction of sp³-hybridized carbons (Fsp3) is 0.444. The van der Waals surface area contributed by atoms with Crippen molar-refractivity contribution in [2.24, 2.45) is 0 Å². The van der Waals surface area contributed by atoms with Gasteiger partial charge in [-0.3, -0.25) is 0 Å². The second-order valence-corrected chi connectivity index (χ2v) is 3.93. The first-order chi connectivity index (χ1) is 6.06. The third kappa shape index (κ3) is 2.29. The highest BCUT2D eigenvalue weighted by atomic mass is 35.5. The van der Waals surface area contributed by atoms with E-state index in [0.29, 0.717) is 16.8 Å². The van der Waals surface area contributed by atoms with E-state index in [-0.39, 0.29) is 0 Å². The Morgan fingerprint density at radius 2 is 2.15 bits per heavy atom. The molecule has 4 heteroatoms. The number of halogens is 1. The zero-order valence-corrected chi connectivity index (χ0v) is 9.49. The molecule has 0 radical (unpaired) electrons. The number of thiol groups is 1. The maximum atomic E-state index is 5.87. The number of aromatic nitrogens is 1. The molecule has 0 fully saturated rings. The summed E-state index contributed by atoms with van der Waals surface area (Å²) in [4.78, 5) is 5.07. The number of methoxy groups -OCH3 is 1. The topological polar surface area (TPSA) is 22.1 Å². The minimum atomic E-state index is 0.318. The van der Waals surface area contributed by atoms with Crippen LogP contribution in [0.4, 0.5) is 0 Å². The van der Waals surface area contributed by atoms with Gasteiger partial charge < -0.3 is 4.74 Å². The number of hydrogen-bond donors (Lipinski definition) is 1. The highest BCUT2D eigenvalue weighted by Gasteiger charge is 2.11. The molecule has 0 aliphatic carbocycles. The normalized spacial score (nSPS) is 10.6. The first-order valence-electron chi connectivity index (χ1n) is 3.99. The van der Waals surface area contributed by atoms with Gasteiger partial charge in [0.1, 0.15) is 5.02 Å². The lowest BCUT2D eigenvalue weighted by Crippen LogP contribution is -1.98. The summed E-state index contributed by atoms with van der Waals surface area (Å²) in [6, 6.07) is 1.76. The average Bonchev–Trinajstić information content (AvgIpc) is 2.03. The van der Waals surface area contributed by atoms with Crippen LogP contribution in [0.1, 0.15) is 25.5 Å². The van der Waals surface area contributed by atoms with Gasteiger partial charge in [0.2, 0.25) is 5.88 Å². The second kappa shape index (κ2) is 4.20. The molecule has 0 unspecified atom stereocenters. The van der Waals surface area contributed by atoms with Gasteiger partial charge in [0.25, 0.3) is 0 Å². The van der Waals surface area contributed by atoms with Crippen LogP contribution in [0.3, 0.4) is 0 Å². The summed E-state index contributed by atoms with van der Waals surface area (Å²) in [7, 11) is 1.55. The minimum absolute atomic E-state index is 0.318. The summed E-state index contributed by atoms with van der Waals surface area (Å²) in [5.74, 6) is 0.779. The van der Waals surface area contributed by atoms with Gasteiger partial charge in [0.05, 0.1) is 12.8 Å². The fourth-order valence-corrected chi connectivity index (χ4v) is 1.79. The Morgan fingerprint density at radius 1 is 1.54 bits per heavy atom. The van der Waals surface area contributed by atoms with Gasteiger partial charge >= 0.3 is 0 Å². The third-order valence-corrected chi connectivity index (χ3v) is 2.32. The van der Waals surface area contributed by atoms with Gasteiger partial charge in [-0.1, -0.05) is 25.4 Å². The molecule has 1 rings (SSSR count). The van der Waals surface area contributed by atoms with Crippen molar-refractivity contribution in [2.75, 3.05) is 7.11 Å². The van der Waals surface area contributed by atoms with Crippen molar-refractivity contribution < 1.29 is 4.74 Å². The lowest BCUT2D eigenvalue weighted by molar-refractivity contribution is 0.395. The smallest absolute Gasteiger partial charge is 0.232 e. The molecule has 13 heavy (non-hydrogen) atoms. The van der Waals surface area contributed by atoms with Crippen molar-refractivity contribution in [1.82, 2.24) is 4.98 Å². The largest absolute Gasteiger partial charge is 0.480 e. The predicted molar refractivity (Wildman–Crippen MR) is 57.1 cm³/mol. The molecule has 1 heterocycles. The second-order valence-electron chi connectivity index (χ2n) is 3.04. The molecule has 0 spiro atoms.